The van der Waals surface area contributed by atoms with Gasteiger partial charge in [-0.1, -0.05) is 28.4 Å². The van der Waals surface area contributed by atoms with Crippen molar-refractivity contribution in [1.82, 2.24) is 5.32 Å². The van der Waals surface area contributed by atoms with Crippen LogP contribution in [-0.4, -0.2) is 29.6 Å². The molecule has 108 valence electrons. The van der Waals surface area contributed by atoms with Crippen molar-refractivity contribution in [2.75, 3.05) is 6.54 Å². The molecule has 1 fully saturated rings. The van der Waals surface area contributed by atoms with E-state index in [9.17, 15) is 4.79 Å². The third kappa shape index (κ3) is 3.26. The average molecular weight is 318 g/mol. The molecular weight excluding hydrogens is 305 g/mol. The van der Waals surface area contributed by atoms with Gasteiger partial charge in [-0.3, -0.25) is 4.79 Å². The molecule has 20 heavy (non-hydrogen) atoms. The first-order valence-corrected chi connectivity index (χ1v) is 6.67. The Labute approximate surface area is 125 Å². The normalized spacial score (nSPS) is 19.6. The van der Waals surface area contributed by atoms with Gasteiger partial charge < -0.3 is 21.0 Å². The average Bonchev–Trinajstić information content (AvgIpc) is 2.44. The van der Waals surface area contributed by atoms with E-state index in [1.807, 2.05) is 0 Å². The number of nitrogens with one attached hydrogen (secondary N) is 1. The highest BCUT2D eigenvalue weighted by molar-refractivity contribution is 6.36. The number of nitrogens with two attached hydrogens (primary N) is 1. The summed E-state index contributed by atoms with van der Waals surface area (Å²) in [7, 11) is 0. The summed E-state index contributed by atoms with van der Waals surface area (Å²) in [4.78, 5) is 11.1. The van der Waals surface area contributed by atoms with Crippen LogP contribution >= 0.6 is 23.2 Å². The number of carbonyl (C=O) groups is 1. The molecule has 1 saturated heterocycles. The highest BCUT2D eigenvalue weighted by Gasteiger charge is 2.21. The van der Waals surface area contributed by atoms with Crippen molar-refractivity contribution in [2.24, 2.45) is 10.9 Å². The Hall–Kier alpha value is -1.66. The highest BCUT2D eigenvalue weighted by atomic mass is 35.5. The maximum Gasteiger partial charge on any atom is 0.220 e. The number of halogens is 2. The van der Waals surface area contributed by atoms with Crippen LogP contribution in [0.1, 0.15) is 18.4 Å². The summed E-state index contributed by atoms with van der Waals surface area (Å²) in [5.74, 6) is 0.275. The van der Waals surface area contributed by atoms with E-state index in [1.165, 1.54) is 12.1 Å². The minimum atomic E-state index is -0.157. The summed E-state index contributed by atoms with van der Waals surface area (Å²) in [6.45, 7) is 0.425. The molecule has 1 aromatic carbocycles. The maximum absolute atomic E-state index is 11.1. The molecule has 1 atom stereocenters. The summed E-state index contributed by atoms with van der Waals surface area (Å²) >= 11 is 12.1. The summed E-state index contributed by atoms with van der Waals surface area (Å²) in [5, 5.41) is 14.8. The van der Waals surface area contributed by atoms with Crippen molar-refractivity contribution in [3.8, 4) is 5.75 Å². The number of oxime groups is 1. The number of piperidine rings is 1. The Kier molecular flexibility index (Phi) is 4.57. The van der Waals surface area contributed by atoms with Gasteiger partial charge in [0.1, 0.15) is 11.9 Å². The van der Waals surface area contributed by atoms with Gasteiger partial charge in [0, 0.05) is 18.1 Å². The molecule has 0 aromatic heterocycles. The van der Waals surface area contributed by atoms with Crippen molar-refractivity contribution in [3.05, 3.63) is 27.7 Å². The van der Waals surface area contributed by atoms with Crippen LogP contribution in [0.4, 0.5) is 0 Å². The lowest BCUT2D eigenvalue weighted by Gasteiger charge is -2.24. The SMILES string of the molecule is N/C(=N\O)c1cc(Cl)c(O[C@@H]2CCC(=O)NC2)cc1Cl. The minimum Gasteiger partial charge on any atom is -0.487 e. The maximum atomic E-state index is 11.1. The highest BCUT2D eigenvalue weighted by Crippen LogP contribution is 2.32. The van der Waals surface area contributed by atoms with Crippen LogP contribution in [0.15, 0.2) is 17.3 Å². The monoisotopic (exact) mass is 317 g/mol. The number of hydrogen-bond donors (Lipinski definition) is 3. The van der Waals surface area contributed by atoms with Crippen LogP contribution in [0.5, 0.6) is 5.75 Å². The predicted molar refractivity (Wildman–Crippen MR) is 75.6 cm³/mol. The van der Waals surface area contributed by atoms with Gasteiger partial charge in [0.25, 0.3) is 0 Å². The third-order valence-corrected chi connectivity index (χ3v) is 3.53. The lowest BCUT2D eigenvalue weighted by molar-refractivity contribution is -0.123. The molecule has 1 aromatic rings. The van der Waals surface area contributed by atoms with Crippen LogP contribution in [0.2, 0.25) is 10.0 Å². The van der Waals surface area contributed by atoms with Crippen molar-refractivity contribution in [1.29, 1.82) is 0 Å². The molecule has 1 amide bonds. The van der Waals surface area contributed by atoms with Crippen LogP contribution < -0.4 is 15.8 Å². The molecule has 1 aliphatic heterocycles. The van der Waals surface area contributed by atoms with E-state index in [0.29, 0.717) is 35.7 Å². The van der Waals surface area contributed by atoms with Gasteiger partial charge >= 0.3 is 0 Å². The van der Waals surface area contributed by atoms with E-state index in [1.54, 1.807) is 0 Å². The minimum absolute atomic E-state index is 0.0104. The van der Waals surface area contributed by atoms with Gasteiger partial charge in [-0.15, -0.1) is 0 Å². The van der Waals surface area contributed by atoms with E-state index < -0.39 is 0 Å². The van der Waals surface area contributed by atoms with Crippen molar-refractivity contribution in [3.63, 3.8) is 0 Å². The van der Waals surface area contributed by atoms with Crippen LogP contribution in [0.3, 0.4) is 0 Å². The summed E-state index contributed by atoms with van der Waals surface area (Å²) in [5.41, 5.74) is 5.80. The fourth-order valence-corrected chi connectivity index (χ4v) is 2.32. The zero-order valence-electron chi connectivity index (χ0n) is 10.4. The number of carbonyl (C=O) groups excluding carboxylic acids is 1. The van der Waals surface area contributed by atoms with Gasteiger partial charge in [-0.2, -0.15) is 0 Å². The Balaban J connectivity index is 2.17. The summed E-state index contributed by atoms with van der Waals surface area (Å²) in [6, 6.07) is 2.98. The fraction of sp³-hybridized carbons (Fsp3) is 0.333. The van der Waals surface area contributed by atoms with Gasteiger partial charge in [-0.25, -0.2) is 0 Å². The number of amides is 1. The lowest BCUT2D eigenvalue weighted by atomic mass is 10.1. The number of amidine groups is 1. The molecule has 0 bridgehead atoms. The second kappa shape index (κ2) is 6.19. The third-order valence-electron chi connectivity index (χ3n) is 2.92. The van der Waals surface area contributed by atoms with Crippen molar-refractivity contribution in [2.45, 2.75) is 18.9 Å². The van der Waals surface area contributed by atoms with Gasteiger partial charge in [0.05, 0.1) is 16.6 Å². The number of nitrogens with zero attached hydrogens (tertiary/aromatic N) is 1. The molecular formula is C12H13Cl2N3O3. The second-order valence-corrected chi connectivity index (χ2v) is 5.14. The Morgan fingerprint density at radius 1 is 1.45 bits per heavy atom. The molecule has 1 aliphatic rings. The second-order valence-electron chi connectivity index (χ2n) is 4.33. The summed E-state index contributed by atoms with van der Waals surface area (Å²) in [6.07, 6.45) is 0.871. The van der Waals surface area contributed by atoms with Crippen LogP contribution in [0.25, 0.3) is 0 Å². The number of hydrogen-bond acceptors (Lipinski definition) is 4. The van der Waals surface area contributed by atoms with Crippen LogP contribution in [-0.2, 0) is 4.79 Å². The molecule has 0 saturated carbocycles. The van der Waals surface area contributed by atoms with E-state index in [0.717, 1.165) is 0 Å². The Bertz CT molecular complexity index is 553. The molecule has 0 spiro atoms. The van der Waals surface area contributed by atoms with Gasteiger partial charge in [-0.05, 0) is 12.5 Å². The van der Waals surface area contributed by atoms with E-state index >= 15 is 0 Å². The topological polar surface area (TPSA) is 96.9 Å². The van der Waals surface area contributed by atoms with Crippen LogP contribution in [0, 0.1) is 0 Å². The van der Waals surface area contributed by atoms with Gasteiger partial charge in [0.15, 0.2) is 5.84 Å². The summed E-state index contributed by atoms with van der Waals surface area (Å²) < 4.78 is 5.71. The first kappa shape index (κ1) is 14.7. The zero-order valence-corrected chi connectivity index (χ0v) is 11.9. The Morgan fingerprint density at radius 2 is 2.20 bits per heavy atom. The molecule has 6 nitrogen and oxygen atoms in total. The van der Waals surface area contributed by atoms with E-state index in [-0.39, 0.29) is 22.9 Å². The molecule has 1 heterocycles. The largest absolute Gasteiger partial charge is 0.487 e. The quantitative estimate of drug-likeness (QED) is 0.342. The standard InChI is InChI=1S/C12H13Cl2N3O3/c13-8-4-10(9(14)3-7(8)12(15)17-19)20-6-1-2-11(18)16-5-6/h3-4,6,19H,1-2,5H2,(H2,15,17)(H,16,18)/t6-/m1/s1. The van der Waals surface area contributed by atoms with Gasteiger partial charge in [0.2, 0.25) is 5.91 Å². The fourth-order valence-electron chi connectivity index (χ4n) is 1.86. The Morgan fingerprint density at radius 3 is 2.80 bits per heavy atom. The molecule has 8 heteroatoms. The first-order valence-electron chi connectivity index (χ1n) is 5.91. The number of rotatable bonds is 3. The number of ether oxygens (including phenoxy) is 1. The molecule has 2 rings (SSSR count). The molecule has 0 aliphatic carbocycles. The lowest BCUT2D eigenvalue weighted by Crippen LogP contribution is -2.40. The molecule has 0 radical (unpaired) electrons. The van der Waals surface area contributed by atoms with E-state index in [4.69, 9.17) is 38.9 Å². The van der Waals surface area contributed by atoms with Crippen molar-refractivity contribution < 1.29 is 14.7 Å². The molecule has 0 unspecified atom stereocenters. The molecule has 4 N–H and O–H groups in total. The predicted octanol–water partition coefficient (Wildman–Crippen LogP) is 1.75. The zero-order chi connectivity index (χ0) is 14.7. The number of benzene rings is 1. The first-order chi connectivity index (χ1) is 9.51. The smallest absolute Gasteiger partial charge is 0.220 e. The van der Waals surface area contributed by atoms with E-state index in [2.05, 4.69) is 10.5 Å². The van der Waals surface area contributed by atoms with Crippen molar-refractivity contribution >= 4 is 34.9 Å².